The Bertz CT molecular complexity index is 710. The lowest BCUT2D eigenvalue weighted by molar-refractivity contribution is 0.0695. The molecule has 0 spiro atoms. The lowest BCUT2D eigenvalue weighted by Gasteiger charge is -2.07. The summed E-state index contributed by atoms with van der Waals surface area (Å²) in [5.74, 6) is -1.43. The van der Waals surface area contributed by atoms with E-state index < -0.39 is 5.97 Å². The highest BCUT2D eigenvalue weighted by Gasteiger charge is 2.11. The molecule has 0 aromatic carbocycles. The van der Waals surface area contributed by atoms with E-state index in [2.05, 4.69) is 15.3 Å². The molecular formula is C14H13N3O4. The molecule has 2 aromatic heterocycles. The molecule has 108 valence electrons. The third kappa shape index (κ3) is 3.75. The van der Waals surface area contributed by atoms with Gasteiger partial charge < -0.3 is 15.4 Å². The van der Waals surface area contributed by atoms with Crippen molar-refractivity contribution in [3.05, 3.63) is 63.8 Å². The van der Waals surface area contributed by atoms with Crippen LogP contribution in [0.4, 0.5) is 0 Å². The first-order chi connectivity index (χ1) is 10.1. The van der Waals surface area contributed by atoms with Crippen molar-refractivity contribution in [2.45, 2.75) is 6.42 Å². The number of carboxylic acids is 1. The quantitative estimate of drug-likeness (QED) is 0.738. The molecule has 0 fully saturated rings. The molecule has 2 rings (SSSR count). The van der Waals surface area contributed by atoms with E-state index in [9.17, 15) is 14.4 Å². The van der Waals surface area contributed by atoms with Gasteiger partial charge in [0.15, 0.2) is 0 Å². The molecule has 0 unspecified atom stereocenters. The molecule has 0 saturated heterocycles. The number of carbonyl (C=O) groups is 2. The maximum Gasteiger partial charge on any atom is 0.337 e. The lowest BCUT2D eigenvalue weighted by Crippen LogP contribution is -2.27. The van der Waals surface area contributed by atoms with Gasteiger partial charge in [0.2, 0.25) is 5.56 Å². The van der Waals surface area contributed by atoms with Crippen LogP contribution in [0.25, 0.3) is 0 Å². The average Bonchev–Trinajstić information content (AvgIpc) is 2.48. The van der Waals surface area contributed by atoms with Gasteiger partial charge >= 0.3 is 5.97 Å². The van der Waals surface area contributed by atoms with E-state index in [0.29, 0.717) is 5.56 Å². The van der Waals surface area contributed by atoms with E-state index in [1.54, 1.807) is 18.3 Å². The summed E-state index contributed by atoms with van der Waals surface area (Å²) in [6, 6.07) is 5.67. The first kappa shape index (κ1) is 14.4. The Hall–Kier alpha value is -2.96. The highest BCUT2D eigenvalue weighted by atomic mass is 16.4. The summed E-state index contributed by atoms with van der Waals surface area (Å²) in [5, 5.41) is 11.7. The standard InChI is InChI=1S/C14H13N3O4/c18-12-4-3-10(14(20)21)11(17-12)5-7-16-13(19)9-2-1-6-15-8-9/h1-4,6,8H,5,7H2,(H,16,19)(H,17,18)(H,20,21). The number of H-pyrrole nitrogens is 1. The average molecular weight is 287 g/mol. The number of pyridine rings is 2. The second-order valence-corrected chi connectivity index (χ2v) is 4.27. The zero-order valence-electron chi connectivity index (χ0n) is 11.0. The van der Waals surface area contributed by atoms with E-state index in [4.69, 9.17) is 5.11 Å². The number of carboxylic acid groups (broad SMARTS) is 1. The van der Waals surface area contributed by atoms with Crippen molar-refractivity contribution >= 4 is 11.9 Å². The zero-order valence-corrected chi connectivity index (χ0v) is 11.0. The number of rotatable bonds is 5. The van der Waals surface area contributed by atoms with E-state index >= 15 is 0 Å². The molecule has 0 aliphatic carbocycles. The van der Waals surface area contributed by atoms with Crippen LogP contribution >= 0.6 is 0 Å². The number of hydrogen-bond acceptors (Lipinski definition) is 4. The van der Waals surface area contributed by atoms with Gasteiger partial charge in [0.05, 0.1) is 11.1 Å². The predicted octanol–water partition coefficient (Wildman–Crippen LogP) is 0.441. The van der Waals surface area contributed by atoms with Crippen molar-refractivity contribution in [2.75, 3.05) is 6.54 Å². The molecule has 0 radical (unpaired) electrons. The van der Waals surface area contributed by atoms with Crippen LogP contribution in [-0.2, 0) is 6.42 Å². The number of nitrogens with zero attached hydrogens (tertiary/aromatic N) is 1. The summed E-state index contributed by atoms with van der Waals surface area (Å²) in [5.41, 5.74) is 0.331. The molecule has 2 heterocycles. The smallest absolute Gasteiger partial charge is 0.337 e. The fraction of sp³-hybridized carbons (Fsp3) is 0.143. The van der Waals surface area contributed by atoms with Crippen molar-refractivity contribution in [2.24, 2.45) is 0 Å². The first-order valence-electron chi connectivity index (χ1n) is 6.21. The Labute approximate surface area is 119 Å². The second-order valence-electron chi connectivity index (χ2n) is 4.27. The van der Waals surface area contributed by atoms with Crippen molar-refractivity contribution < 1.29 is 14.7 Å². The number of carbonyl (C=O) groups excluding carboxylic acids is 1. The van der Waals surface area contributed by atoms with Crippen LogP contribution in [0, 0.1) is 0 Å². The van der Waals surface area contributed by atoms with Gasteiger partial charge in [0.1, 0.15) is 0 Å². The molecule has 7 nitrogen and oxygen atoms in total. The summed E-state index contributed by atoms with van der Waals surface area (Å²) in [7, 11) is 0. The summed E-state index contributed by atoms with van der Waals surface area (Å²) >= 11 is 0. The molecule has 0 saturated carbocycles. The van der Waals surface area contributed by atoms with E-state index in [1.165, 1.54) is 12.3 Å². The van der Waals surface area contributed by atoms with Crippen molar-refractivity contribution in [1.29, 1.82) is 0 Å². The minimum Gasteiger partial charge on any atom is -0.478 e. The van der Waals surface area contributed by atoms with Crippen LogP contribution < -0.4 is 10.9 Å². The molecule has 0 aliphatic rings. The van der Waals surface area contributed by atoms with Crippen molar-refractivity contribution in [3.8, 4) is 0 Å². The number of hydrogen-bond donors (Lipinski definition) is 3. The van der Waals surface area contributed by atoms with Gasteiger partial charge in [0, 0.05) is 37.1 Å². The maximum absolute atomic E-state index is 11.8. The lowest BCUT2D eigenvalue weighted by atomic mass is 10.1. The van der Waals surface area contributed by atoms with Gasteiger partial charge in [-0.05, 0) is 18.2 Å². The molecule has 0 aliphatic heterocycles. The Morgan fingerprint density at radius 1 is 1.29 bits per heavy atom. The summed E-state index contributed by atoms with van der Waals surface area (Å²) in [4.78, 5) is 40.4. The van der Waals surface area contributed by atoms with Gasteiger partial charge in [0.25, 0.3) is 5.91 Å². The Kier molecular flexibility index (Phi) is 4.45. The number of aromatic amines is 1. The first-order valence-corrected chi connectivity index (χ1v) is 6.21. The largest absolute Gasteiger partial charge is 0.478 e. The molecule has 7 heteroatoms. The van der Waals surface area contributed by atoms with Crippen molar-refractivity contribution in [3.63, 3.8) is 0 Å². The predicted molar refractivity (Wildman–Crippen MR) is 74.3 cm³/mol. The van der Waals surface area contributed by atoms with Crippen LogP contribution in [0.3, 0.4) is 0 Å². The molecule has 2 aromatic rings. The van der Waals surface area contributed by atoms with Crippen LogP contribution in [0.15, 0.2) is 41.5 Å². The number of aromatic nitrogens is 2. The Morgan fingerprint density at radius 3 is 2.76 bits per heavy atom. The maximum atomic E-state index is 11.8. The highest BCUT2D eigenvalue weighted by Crippen LogP contribution is 2.04. The number of amides is 1. The summed E-state index contributed by atoms with van der Waals surface area (Å²) < 4.78 is 0. The molecule has 1 amide bonds. The third-order valence-electron chi connectivity index (χ3n) is 2.82. The fourth-order valence-corrected chi connectivity index (χ4v) is 1.82. The topological polar surface area (TPSA) is 112 Å². The van der Waals surface area contributed by atoms with Gasteiger partial charge in [-0.2, -0.15) is 0 Å². The van der Waals surface area contributed by atoms with Gasteiger partial charge in [-0.3, -0.25) is 14.6 Å². The molecule has 3 N–H and O–H groups in total. The molecule has 0 atom stereocenters. The minimum absolute atomic E-state index is 0.0187. The molecule has 21 heavy (non-hydrogen) atoms. The van der Waals surface area contributed by atoms with Gasteiger partial charge in [-0.1, -0.05) is 0 Å². The number of aromatic carboxylic acids is 1. The van der Waals surface area contributed by atoms with Gasteiger partial charge in [-0.15, -0.1) is 0 Å². The second kappa shape index (κ2) is 6.47. The van der Waals surface area contributed by atoms with Crippen LogP contribution in [0.1, 0.15) is 26.4 Å². The monoisotopic (exact) mass is 287 g/mol. The molecule has 0 bridgehead atoms. The normalized spacial score (nSPS) is 10.1. The van der Waals surface area contributed by atoms with E-state index in [1.807, 2.05) is 0 Å². The number of nitrogens with one attached hydrogen (secondary N) is 2. The van der Waals surface area contributed by atoms with E-state index in [-0.39, 0.29) is 35.7 Å². The van der Waals surface area contributed by atoms with E-state index in [0.717, 1.165) is 6.07 Å². The molecular weight excluding hydrogens is 274 g/mol. The summed E-state index contributed by atoms with van der Waals surface area (Å²) in [6.07, 6.45) is 3.21. The summed E-state index contributed by atoms with van der Waals surface area (Å²) in [6.45, 7) is 0.202. The highest BCUT2D eigenvalue weighted by molar-refractivity contribution is 5.93. The third-order valence-corrected chi connectivity index (χ3v) is 2.82. The Morgan fingerprint density at radius 2 is 2.10 bits per heavy atom. The van der Waals surface area contributed by atoms with Crippen LogP contribution in [-0.4, -0.2) is 33.5 Å². The zero-order chi connectivity index (χ0) is 15.2. The SMILES string of the molecule is O=C(NCCc1[nH]c(=O)ccc1C(=O)O)c1cccnc1. The van der Waals surface area contributed by atoms with Gasteiger partial charge in [-0.25, -0.2) is 4.79 Å². The minimum atomic E-state index is -1.13. The van der Waals surface area contributed by atoms with Crippen molar-refractivity contribution in [1.82, 2.24) is 15.3 Å². The Balaban J connectivity index is 2.01. The van der Waals surface area contributed by atoms with Crippen LogP contribution in [0.2, 0.25) is 0 Å². The van der Waals surface area contributed by atoms with Crippen LogP contribution in [0.5, 0.6) is 0 Å². The fourth-order valence-electron chi connectivity index (χ4n) is 1.82.